The van der Waals surface area contributed by atoms with Crippen LogP contribution in [0.3, 0.4) is 0 Å². The number of carbonyl (C=O) groups excluding carboxylic acids is 1. The average molecular weight is 253 g/mol. The van der Waals surface area contributed by atoms with E-state index in [1.165, 1.54) is 17.2 Å². The summed E-state index contributed by atoms with van der Waals surface area (Å²) in [5, 5.41) is 0. The third kappa shape index (κ3) is 4.09. The van der Waals surface area contributed by atoms with Gasteiger partial charge in [-0.3, -0.25) is 0 Å². The molecule has 0 saturated carbocycles. The maximum atomic E-state index is 10.1. The zero-order chi connectivity index (χ0) is 13.5. The zero-order valence-corrected chi connectivity index (χ0v) is 10.8. The summed E-state index contributed by atoms with van der Waals surface area (Å²) >= 11 is 0. The van der Waals surface area contributed by atoms with E-state index >= 15 is 0 Å². The molecule has 0 N–H and O–H groups in total. The van der Waals surface area contributed by atoms with Crippen LogP contribution in [0, 0.1) is 6.92 Å². The minimum Gasteiger partial charge on any atom is -0.493 e. The highest BCUT2D eigenvalue weighted by Crippen LogP contribution is 2.17. The molecular formula is C16H15NO2. The fourth-order valence-corrected chi connectivity index (χ4v) is 1.82. The maximum absolute atomic E-state index is 10.1. The lowest BCUT2D eigenvalue weighted by Crippen LogP contribution is -2.01. The first-order chi connectivity index (χ1) is 9.28. The van der Waals surface area contributed by atoms with Crippen LogP contribution >= 0.6 is 0 Å². The van der Waals surface area contributed by atoms with Crippen LogP contribution in [-0.4, -0.2) is 12.7 Å². The Morgan fingerprint density at radius 1 is 1.16 bits per heavy atom. The van der Waals surface area contributed by atoms with Gasteiger partial charge in [0.2, 0.25) is 6.08 Å². The van der Waals surface area contributed by atoms with Crippen molar-refractivity contribution in [1.82, 2.24) is 0 Å². The van der Waals surface area contributed by atoms with E-state index in [-0.39, 0.29) is 0 Å². The van der Waals surface area contributed by atoms with E-state index in [0.717, 1.165) is 12.2 Å². The molecule has 0 aliphatic heterocycles. The third-order valence-corrected chi connectivity index (χ3v) is 2.75. The quantitative estimate of drug-likeness (QED) is 0.603. The molecule has 0 aliphatic carbocycles. The fraction of sp³-hybridized carbons (Fsp3) is 0.188. The molecule has 0 fully saturated rings. The second-order valence-corrected chi connectivity index (χ2v) is 4.28. The highest BCUT2D eigenvalue weighted by atomic mass is 16.5. The molecular weight excluding hydrogens is 238 g/mol. The van der Waals surface area contributed by atoms with Crippen molar-refractivity contribution in [2.45, 2.75) is 13.3 Å². The highest BCUT2D eigenvalue weighted by molar-refractivity contribution is 5.50. The van der Waals surface area contributed by atoms with E-state index in [4.69, 9.17) is 4.74 Å². The van der Waals surface area contributed by atoms with Gasteiger partial charge in [-0.05, 0) is 36.8 Å². The van der Waals surface area contributed by atoms with Crippen LogP contribution in [0.2, 0.25) is 0 Å². The van der Waals surface area contributed by atoms with Crippen LogP contribution < -0.4 is 4.74 Å². The van der Waals surface area contributed by atoms with Gasteiger partial charge in [0.25, 0.3) is 0 Å². The second kappa shape index (κ2) is 6.53. The molecule has 0 bridgehead atoms. The Bertz CT molecular complexity index is 584. The predicted molar refractivity (Wildman–Crippen MR) is 74.6 cm³/mol. The minimum atomic E-state index is 0.584. The van der Waals surface area contributed by atoms with Crippen LogP contribution in [-0.2, 0) is 11.2 Å². The van der Waals surface area contributed by atoms with Gasteiger partial charge in [-0.15, -0.1) is 0 Å². The number of nitrogens with zero attached hydrogens (tertiary/aromatic N) is 1. The van der Waals surface area contributed by atoms with Crippen molar-refractivity contribution < 1.29 is 9.53 Å². The molecule has 0 radical (unpaired) electrons. The Kier molecular flexibility index (Phi) is 4.49. The largest absolute Gasteiger partial charge is 0.493 e. The molecule has 19 heavy (non-hydrogen) atoms. The zero-order valence-electron chi connectivity index (χ0n) is 10.8. The van der Waals surface area contributed by atoms with Gasteiger partial charge in [-0.1, -0.05) is 29.8 Å². The SMILES string of the molecule is Cc1cccc(CCOc2ccc(N=C=O)cc2)c1. The van der Waals surface area contributed by atoms with E-state index < -0.39 is 0 Å². The second-order valence-electron chi connectivity index (χ2n) is 4.28. The van der Waals surface area contributed by atoms with Crippen molar-refractivity contribution in [3.05, 3.63) is 59.7 Å². The first-order valence-corrected chi connectivity index (χ1v) is 6.14. The van der Waals surface area contributed by atoms with Crippen molar-refractivity contribution >= 4 is 11.8 Å². The average Bonchev–Trinajstić information content (AvgIpc) is 2.41. The molecule has 0 amide bonds. The molecule has 96 valence electrons. The first kappa shape index (κ1) is 13.1. The van der Waals surface area contributed by atoms with E-state index in [1.54, 1.807) is 24.3 Å². The number of aliphatic imine (C=N–C) groups is 1. The Labute approximate surface area is 112 Å². The summed E-state index contributed by atoms with van der Waals surface area (Å²) < 4.78 is 5.64. The summed E-state index contributed by atoms with van der Waals surface area (Å²) in [5.41, 5.74) is 3.11. The predicted octanol–water partition coefficient (Wildman–Crippen LogP) is 3.58. The van der Waals surface area contributed by atoms with E-state index in [0.29, 0.717) is 12.3 Å². The molecule has 0 unspecified atom stereocenters. The molecule has 3 nitrogen and oxygen atoms in total. The summed E-state index contributed by atoms with van der Waals surface area (Å²) in [6.45, 7) is 2.70. The number of ether oxygens (including phenoxy) is 1. The van der Waals surface area contributed by atoms with Crippen molar-refractivity contribution in [3.63, 3.8) is 0 Å². The number of rotatable bonds is 5. The van der Waals surface area contributed by atoms with Crippen LogP contribution in [0.25, 0.3) is 0 Å². The molecule has 3 heteroatoms. The Balaban J connectivity index is 1.87. The Hall–Kier alpha value is -2.38. The van der Waals surface area contributed by atoms with Gasteiger partial charge < -0.3 is 4.74 Å². The lowest BCUT2D eigenvalue weighted by molar-refractivity contribution is 0.322. The first-order valence-electron chi connectivity index (χ1n) is 6.14. The van der Waals surface area contributed by atoms with Crippen molar-refractivity contribution in [3.8, 4) is 5.75 Å². The number of isocyanates is 1. The van der Waals surface area contributed by atoms with Gasteiger partial charge in [-0.2, -0.15) is 4.99 Å². The molecule has 2 aromatic carbocycles. The smallest absolute Gasteiger partial charge is 0.240 e. The topological polar surface area (TPSA) is 38.7 Å². The van der Waals surface area contributed by atoms with E-state index in [9.17, 15) is 4.79 Å². The van der Waals surface area contributed by atoms with Crippen LogP contribution in [0.15, 0.2) is 53.5 Å². The Morgan fingerprint density at radius 3 is 2.63 bits per heavy atom. The van der Waals surface area contributed by atoms with Crippen LogP contribution in [0.1, 0.15) is 11.1 Å². The van der Waals surface area contributed by atoms with Gasteiger partial charge in [0.15, 0.2) is 0 Å². The van der Waals surface area contributed by atoms with E-state index in [1.807, 2.05) is 0 Å². The summed E-state index contributed by atoms with van der Waals surface area (Å²) in [7, 11) is 0. The molecule has 2 aromatic rings. The van der Waals surface area contributed by atoms with Crippen LogP contribution in [0.5, 0.6) is 5.75 Å². The number of aryl methyl sites for hydroxylation is 1. The fourth-order valence-electron chi connectivity index (χ4n) is 1.82. The lowest BCUT2D eigenvalue weighted by atomic mass is 10.1. The van der Waals surface area contributed by atoms with Crippen molar-refractivity contribution in [2.75, 3.05) is 6.61 Å². The lowest BCUT2D eigenvalue weighted by Gasteiger charge is -2.06. The van der Waals surface area contributed by atoms with Gasteiger partial charge in [-0.25, -0.2) is 4.79 Å². The van der Waals surface area contributed by atoms with Gasteiger partial charge >= 0.3 is 0 Å². The van der Waals surface area contributed by atoms with Gasteiger partial charge in [0, 0.05) is 6.42 Å². The Morgan fingerprint density at radius 2 is 1.95 bits per heavy atom. The van der Waals surface area contributed by atoms with Gasteiger partial charge in [0.05, 0.1) is 12.3 Å². The molecule has 0 aliphatic rings. The minimum absolute atomic E-state index is 0.584. The summed E-state index contributed by atoms with van der Waals surface area (Å²) in [5.74, 6) is 0.775. The summed E-state index contributed by atoms with van der Waals surface area (Å²) in [6.07, 6.45) is 2.38. The van der Waals surface area contributed by atoms with E-state index in [2.05, 4.69) is 36.2 Å². The summed E-state index contributed by atoms with van der Waals surface area (Å²) in [4.78, 5) is 13.6. The monoisotopic (exact) mass is 253 g/mol. The van der Waals surface area contributed by atoms with Crippen LogP contribution in [0.4, 0.5) is 5.69 Å². The molecule has 0 aromatic heterocycles. The number of benzene rings is 2. The number of hydrogen-bond acceptors (Lipinski definition) is 3. The summed E-state index contributed by atoms with van der Waals surface area (Å²) in [6, 6.07) is 15.4. The molecule has 0 atom stereocenters. The molecule has 2 rings (SSSR count). The standard InChI is InChI=1S/C16H15NO2/c1-13-3-2-4-14(11-13)9-10-19-16-7-5-15(6-8-16)17-12-18/h2-8,11H,9-10H2,1H3. The van der Waals surface area contributed by atoms with Crippen molar-refractivity contribution in [1.29, 1.82) is 0 Å². The third-order valence-electron chi connectivity index (χ3n) is 2.75. The van der Waals surface area contributed by atoms with Crippen molar-refractivity contribution in [2.24, 2.45) is 4.99 Å². The highest BCUT2D eigenvalue weighted by Gasteiger charge is 1.97. The normalized spacial score (nSPS) is 9.74. The molecule has 0 heterocycles. The number of hydrogen-bond donors (Lipinski definition) is 0. The molecule has 0 spiro atoms. The maximum Gasteiger partial charge on any atom is 0.240 e. The molecule has 0 saturated heterocycles. The van der Waals surface area contributed by atoms with Gasteiger partial charge in [0.1, 0.15) is 5.75 Å².